The molecule has 0 saturated carbocycles. The first-order valence-corrected chi connectivity index (χ1v) is 5.94. The molecule has 0 unspecified atom stereocenters. The van der Waals surface area contributed by atoms with Crippen LogP contribution in [-0.2, 0) is 0 Å². The SMILES string of the molecule is CN(C)c1ccc(C(=O)O)c(Nc2ccccc2)c1. The first kappa shape index (κ1) is 13.0. The number of nitrogens with one attached hydrogen (secondary N) is 1. The third-order valence-corrected chi connectivity index (χ3v) is 2.80. The number of carboxylic acid groups (broad SMARTS) is 1. The summed E-state index contributed by atoms with van der Waals surface area (Å²) in [5, 5.41) is 12.4. The van der Waals surface area contributed by atoms with E-state index in [4.69, 9.17) is 0 Å². The molecule has 2 N–H and O–H groups in total. The zero-order chi connectivity index (χ0) is 13.8. The largest absolute Gasteiger partial charge is 0.478 e. The van der Waals surface area contributed by atoms with Gasteiger partial charge in [0.15, 0.2) is 0 Å². The van der Waals surface area contributed by atoms with Crippen LogP contribution in [0.1, 0.15) is 10.4 Å². The highest BCUT2D eigenvalue weighted by Gasteiger charge is 2.11. The monoisotopic (exact) mass is 256 g/mol. The molecule has 0 spiro atoms. The van der Waals surface area contributed by atoms with Crippen LogP contribution in [0.25, 0.3) is 0 Å². The summed E-state index contributed by atoms with van der Waals surface area (Å²) in [4.78, 5) is 13.2. The Labute approximate surface area is 112 Å². The van der Waals surface area contributed by atoms with Gasteiger partial charge in [0.05, 0.1) is 11.3 Å². The summed E-state index contributed by atoms with van der Waals surface area (Å²) >= 11 is 0. The van der Waals surface area contributed by atoms with Crippen LogP contribution in [0.5, 0.6) is 0 Å². The number of anilines is 3. The minimum Gasteiger partial charge on any atom is -0.478 e. The third-order valence-electron chi connectivity index (χ3n) is 2.80. The van der Waals surface area contributed by atoms with E-state index in [0.29, 0.717) is 5.69 Å². The second-order valence-corrected chi connectivity index (χ2v) is 4.42. The smallest absolute Gasteiger partial charge is 0.337 e. The maximum absolute atomic E-state index is 11.2. The standard InChI is InChI=1S/C15H16N2O2/c1-17(2)12-8-9-13(15(18)19)14(10-12)16-11-6-4-3-5-7-11/h3-10,16H,1-2H3,(H,18,19). The Balaban J connectivity index is 2.41. The van der Waals surface area contributed by atoms with Gasteiger partial charge in [0.25, 0.3) is 0 Å². The summed E-state index contributed by atoms with van der Waals surface area (Å²) < 4.78 is 0. The lowest BCUT2D eigenvalue weighted by Crippen LogP contribution is -2.10. The van der Waals surface area contributed by atoms with Gasteiger partial charge in [-0.25, -0.2) is 4.79 Å². The quantitative estimate of drug-likeness (QED) is 0.882. The van der Waals surface area contributed by atoms with Crippen molar-refractivity contribution in [3.8, 4) is 0 Å². The Kier molecular flexibility index (Phi) is 3.71. The Hall–Kier alpha value is -2.49. The molecule has 0 aliphatic heterocycles. The van der Waals surface area contributed by atoms with Crippen LogP contribution in [0, 0.1) is 0 Å². The van der Waals surface area contributed by atoms with Gasteiger partial charge in [-0.3, -0.25) is 0 Å². The molecule has 0 aliphatic rings. The summed E-state index contributed by atoms with van der Waals surface area (Å²) in [5.74, 6) is -0.941. The van der Waals surface area contributed by atoms with Crippen LogP contribution >= 0.6 is 0 Å². The van der Waals surface area contributed by atoms with Gasteiger partial charge in [0.2, 0.25) is 0 Å². The highest BCUT2D eigenvalue weighted by atomic mass is 16.4. The van der Waals surface area contributed by atoms with Crippen LogP contribution in [0.4, 0.5) is 17.1 Å². The number of rotatable bonds is 4. The minimum absolute atomic E-state index is 0.259. The summed E-state index contributed by atoms with van der Waals surface area (Å²) in [7, 11) is 3.84. The van der Waals surface area contributed by atoms with Crippen molar-refractivity contribution in [3.05, 3.63) is 54.1 Å². The van der Waals surface area contributed by atoms with E-state index in [-0.39, 0.29) is 5.56 Å². The average Bonchev–Trinajstić information content (AvgIpc) is 2.39. The minimum atomic E-state index is -0.941. The van der Waals surface area contributed by atoms with Crippen LogP contribution in [-0.4, -0.2) is 25.2 Å². The Morgan fingerprint density at radius 2 is 1.79 bits per heavy atom. The zero-order valence-corrected chi connectivity index (χ0v) is 10.9. The Bertz CT molecular complexity index is 580. The molecule has 0 saturated heterocycles. The molecular formula is C15H16N2O2. The fourth-order valence-electron chi connectivity index (χ4n) is 1.78. The molecule has 0 radical (unpaired) electrons. The number of aromatic carboxylic acids is 1. The van der Waals surface area contributed by atoms with Crippen molar-refractivity contribution >= 4 is 23.0 Å². The van der Waals surface area contributed by atoms with Crippen molar-refractivity contribution in [3.63, 3.8) is 0 Å². The van der Waals surface area contributed by atoms with E-state index in [1.54, 1.807) is 12.1 Å². The van der Waals surface area contributed by atoms with E-state index < -0.39 is 5.97 Å². The van der Waals surface area contributed by atoms with E-state index >= 15 is 0 Å². The second kappa shape index (κ2) is 5.44. The number of hydrogen-bond donors (Lipinski definition) is 2. The molecule has 0 amide bonds. The van der Waals surface area contributed by atoms with Crippen LogP contribution in [0.2, 0.25) is 0 Å². The molecule has 0 bridgehead atoms. The fraction of sp³-hybridized carbons (Fsp3) is 0.133. The molecule has 2 aromatic carbocycles. The van der Waals surface area contributed by atoms with Gasteiger partial charge in [-0.15, -0.1) is 0 Å². The number of benzene rings is 2. The summed E-state index contributed by atoms with van der Waals surface area (Å²) in [6, 6.07) is 14.7. The van der Waals surface area contributed by atoms with Crippen LogP contribution in [0.15, 0.2) is 48.5 Å². The topological polar surface area (TPSA) is 52.6 Å². The normalized spacial score (nSPS) is 10.0. The van der Waals surface area contributed by atoms with Gasteiger partial charge >= 0.3 is 5.97 Å². The highest BCUT2D eigenvalue weighted by Crippen LogP contribution is 2.26. The Morgan fingerprint density at radius 1 is 1.11 bits per heavy atom. The van der Waals surface area contributed by atoms with Gasteiger partial charge in [-0.1, -0.05) is 18.2 Å². The molecular weight excluding hydrogens is 240 g/mol. The summed E-state index contributed by atoms with van der Waals surface area (Å²) in [5.41, 5.74) is 2.66. The molecule has 2 rings (SSSR count). The van der Waals surface area contributed by atoms with E-state index in [1.807, 2.05) is 55.4 Å². The summed E-state index contributed by atoms with van der Waals surface area (Å²) in [6.45, 7) is 0. The zero-order valence-electron chi connectivity index (χ0n) is 10.9. The summed E-state index contributed by atoms with van der Waals surface area (Å²) in [6.07, 6.45) is 0. The van der Waals surface area contributed by atoms with Crippen molar-refractivity contribution in [1.82, 2.24) is 0 Å². The third kappa shape index (κ3) is 3.04. The van der Waals surface area contributed by atoms with Gasteiger partial charge in [0, 0.05) is 25.5 Å². The van der Waals surface area contributed by atoms with Crippen molar-refractivity contribution in [2.24, 2.45) is 0 Å². The maximum atomic E-state index is 11.2. The van der Waals surface area contributed by atoms with E-state index in [2.05, 4.69) is 5.32 Å². The number of para-hydroxylation sites is 1. The van der Waals surface area contributed by atoms with Crippen molar-refractivity contribution < 1.29 is 9.90 Å². The van der Waals surface area contributed by atoms with Crippen molar-refractivity contribution in [1.29, 1.82) is 0 Å². The van der Waals surface area contributed by atoms with Gasteiger partial charge in [-0.2, -0.15) is 0 Å². The van der Waals surface area contributed by atoms with E-state index in [9.17, 15) is 9.90 Å². The van der Waals surface area contributed by atoms with Crippen molar-refractivity contribution in [2.45, 2.75) is 0 Å². The molecule has 0 heterocycles. The van der Waals surface area contributed by atoms with E-state index in [1.165, 1.54) is 0 Å². The number of carboxylic acids is 1. The Morgan fingerprint density at radius 3 is 2.37 bits per heavy atom. The van der Waals surface area contributed by atoms with Crippen LogP contribution in [0.3, 0.4) is 0 Å². The van der Waals surface area contributed by atoms with Gasteiger partial charge in [0.1, 0.15) is 0 Å². The molecule has 4 heteroatoms. The van der Waals surface area contributed by atoms with E-state index in [0.717, 1.165) is 11.4 Å². The number of hydrogen-bond acceptors (Lipinski definition) is 3. The first-order chi connectivity index (χ1) is 9.08. The lowest BCUT2D eigenvalue weighted by Gasteiger charge is -2.16. The maximum Gasteiger partial charge on any atom is 0.337 e. The van der Waals surface area contributed by atoms with Crippen LogP contribution < -0.4 is 10.2 Å². The van der Waals surface area contributed by atoms with Gasteiger partial charge < -0.3 is 15.3 Å². The number of nitrogens with zero attached hydrogens (tertiary/aromatic N) is 1. The fourth-order valence-corrected chi connectivity index (χ4v) is 1.78. The first-order valence-electron chi connectivity index (χ1n) is 5.94. The van der Waals surface area contributed by atoms with Crippen molar-refractivity contribution in [2.75, 3.05) is 24.3 Å². The average molecular weight is 256 g/mol. The molecule has 4 nitrogen and oxygen atoms in total. The molecule has 2 aromatic rings. The predicted molar refractivity (Wildman–Crippen MR) is 77.5 cm³/mol. The lowest BCUT2D eigenvalue weighted by molar-refractivity contribution is 0.0698. The molecule has 98 valence electrons. The molecule has 0 fully saturated rings. The molecule has 0 aliphatic carbocycles. The van der Waals surface area contributed by atoms with Gasteiger partial charge in [-0.05, 0) is 30.3 Å². The molecule has 19 heavy (non-hydrogen) atoms. The lowest BCUT2D eigenvalue weighted by atomic mass is 10.1. The predicted octanol–water partition coefficient (Wildman–Crippen LogP) is 3.19. The second-order valence-electron chi connectivity index (χ2n) is 4.42. The molecule has 0 atom stereocenters. The number of carbonyl (C=O) groups is 1. The highest BCUT2D eigenvalue weighted by molar-refractivity contribution is 5.96. The molecule has 0 aromatic heterocycles.